The highest BCUT2D eigenvalue weighted by molar-refractivity contribution is 7.12. The summed E-state index contributed by atoms with van der Waals surface area (Å²) in [5.74, 6) is -0.128. The molecule has 5 heteroatoms. The molecule has 0 saturated heterocycles. The van der Waals surface area contributed by atoms with Crippen LogP contribution in [-0.2, 0) is 0 Å². The molecule has 1 N–H and O–H groups in total. The van der Waals surface area contributed by atoms with Gasteiger partial charge in [0.1, 0.15) is 0 Å². The number of hydrogen-bond donors (Lipinski definition) is 1. The molecule has 0 spiro atoms. The van der Waals surface area contributed by atoms with Gasteiger partial charge in [0, 0.05) is 10.3 Å². The Morgan fingerprint density at radius 2 is 2.15 bits per heavy atom. The Hall–Kier alpha value is -1.46. The second-order valence-corrected chi connectivity index (χ2v) is 6.59. The maximum Gasteiger partial charge on any atom is 0.272 e. The van der Waals surface area contributed by atoms with E-state index in [0.29, 0.717) is 0 Å². The molecule has 20 heavy (non-hydrogen) atoms. The van der Waals surface area contributed by atoms with Crippen LogP contribution in [0.3, 0.4) is 0 Å². The first-order valence-electron chi connectivity index (χ1n) is 6.59. The topological polar surface area (TPSA) is 41.5 Å². The molecule has 0 bridgehead atoms. The molecule has 0 unspecified atom stereocenters. The summed E-state index contributed by atoms with van der Waals surface area (Å²) in [4.78, 5) is 14.4. The van der Waals surface area contributed by atoms with Crippen molar-refractivity contribution in [2.24, 2.45) is 5.10 Å². The van der Waals surface area contributed by atoms with E-state index in [4.69, 9.17) is 0 Å². The predicted octanol–water partition coefficient (Wildman–Crippen LogP) is 4.36. The zero-order chi connectivity index (χ0) is 14.5. The fourth-order valence-electron chi connectivity index (χ4n) is 1.83. The van der Waals surface area contributed by atoms with Crippen molar-refractivity contribution in [3.63, 3.8) is 0 Å². The number of carbonyl (C=O) groups excluding carboxylic acids is 1. The summed E-state index contributed by atoms with van der Waals surface area (Å²) in [7, 11) is 0. The highest BCUT2D eigenvalue weighted by atomic mass is 32.1. The van der Waals surface area contributed by atoms with Crippen molar-refractivity contribution >= 4 is 34.3 Å². The fraction of sp³-hybridized carbons (Fsp3) is 0.333. The molecule has 1 amide bonds. The third-order valence-electron chi connectivity index (χ3n) is 3.12. The molecule has 0 aliphatic rings. The Morgan fingerprint density at radius 1 is 1.35 bits per heavy atom. The van der Waals surface area contributed by atoms with Crippen LogP contribution in [0.15, 0.2) is 28.0 Å². The average molecular weight is 306 g/mol. The Labute approximate surface area is 127 Å². The van der Waals surface area contributed by atoms with Crippen molar-refractivity contribution in [1.82, 2.24) is 5.43 Å². The molecule has 0 aromatic carbocycles. The van der Waals surface area contributed by atoms with E-state index in [9.17, 15) is 4.79 Å². The molecule has 106 valence electrons. The molecular weight excluding hydrogens is 288 g/mol. The predicted molar refractivity (Wildman–Crippen MR) is 87.0 cm³/mol. The summed E-state index contributed by atoms with van der Waals surface area (Å²) < 4.78 is 0. The number of rotatable bonds is 5. The lowest BCUT2D eigenvalue weighted by Crippen LogP contribution is -2.20. The third-order valence-corrected chi connectivity index (χ3v) is 5.05. The van der Waals surface area contributed by atoms with E-state index in [-0.39, 0.29) is 5.91 Å². The van der Waals surface area contributed by atoms with Crippen LogP contribution >= 0.6 is 22.7 Å². The zero-order valence-corrected chi connectivity index (χ0v) is 13.5. The van der Waals surface area contributed by atoms with Crippen LogP contribution in [0.25, 0.3) is 0 Å². The molecule has 0 fully saturated rings. The Kier molecular flexibility index (Phi) is 5.09. The molecule has 3 nitrogen and oxygen atoms in total. The first-order valence-corrected chi connectivity index (χ1v) is 8.34. The molecule has 0 saturated carbocycles. The lowest BCUT2D eigenvalue weighted by Gasteiger charge is -2.04. The lowest BCUT2D eigenvalue weighted by atomic mass is 10.2. The van der Waals surface area contributed by atoms with Crippen molar-refractivity contribution in [3.8, 4) is 0 Å². The minimum Gasteiger partial charge on any atom is -0.267 e. The van der Waals surface area contributed by atoms with Crippen molar-refractivity contribution in [1.29, 1.82) is 0 Å². The van der Waals surface area contributed by atoms with Crippen LogP contribution in [0, 0.1) is 13.8 Å². The van der Waals surface area contributed by atoms with Gasteiger partial charge < -0.3 is 0 Å². The minimum atomic E-state index is -0.128. The summed E-state index contributed by atoms with van der Waals surface area (Å²) >= 11 is 3.24. The summed E-state index contributed by atoms with van der Waals surface area (Å²) in [5.41, 5.74) is 5.39. The van der Waals surface area contributed by atoms with Gasteiger partial charge in [0.2, 0.25) is 0 Å². The monoisotopic (exact) mass is 306 g/mol. The Balaban J connectivity index is 2.14. The van der Waals surface area contributed by atoms with Crippen LogP contribution in [0.1, 0.15) is 45.4 Å². The van der Waals surface area contributed by atoms with Crippen molar-refractivity contribution in [2.75, 3.05) is 0 Å². The van der Waals surface area contributed by atoms with E-state index in [1.807, 2.05) is 36.7 Å². The van der Waals surface area contributed by atoms with Gasteiger partial charge in [0.05, 0.1) is 16.2 Å². The van der Waals surface area contributed by atoms with Gasteiger partial charge in [-0.1, -0.05) is 19.4 Å². The van der Waals surface area contributed by atoms with Crippen molar-refractivity contribution in [2.45, 2.75) is 33.6 Å². The van der Waals surface area contributed by atoms with Crippen LogP contribution in [0.2, 0.25) is 0 Å². The number of nitrogens with one attached hydrogen (secondary N) is 1. The summed E-state index contributed by atoms with van der Waals surface area (Å²) in [6.07, 6.45) is 1.87. The Bertz CT molecular complexity index is 612. The third kappa shape index (κ3) is 3.35. The van der Waals surface area contributed by atoms with Gasteiger partial charge in [0.25, 0.3) is 5.91 Å². The lowest BCUT2D eigenvalue weighted by molar-refractivity contribution is 0.0954. The number of aryl methyl sites for hydroxylation is 1. The summed E-state index contributed by atoms with van der Waals surface area (Å²) in [6.45, 7) is 6.10. The van der Waals surface area contributed by atoms with Gasteiger partial charge in [-0.15, -0.1) is 22.7 Å². The largest absolute Gasteiger partial charge is 0.272 e. The first-order chi connectivity index (χ1) is 9.63. The molecule has 2 aromatic heterocycles. The number of amides is 1. The second kappa shape index (κ2) is 6.81. The zero-order valence-electron chi connectivity index (χ0n) is 11.9. The van der Waals surface area contributed by atoms with Crippen LogP contribution in [0.5, 0.6) is 0 Å². The van der Waals surface area contributed by atoms with Gasteiger partial charge >= 0.3 is 0 Å². The average Bonchev–Trinajstić information content (AvgIpc) is 3.06. The van der Waals surface area contributed by atoms with Gasteiger partial charge in [0.15, 0.2) is 0 Å². The molecule has 0 radical (unpaired) electrons. The van der Waals surface area contributed by atoms with Gasteiger partial charge in [-0.2, -0.15) is 5.10 Å². The van der Waals surface area contributed by atoms with Crippen molar-refractivity contribution < 1.29 is 4.79 Å². The summed E-state index contributed by atoms with van der Waals surface area (Å²) in [6, 6.07) is 4.03. The molecule has 0 atom stereocenters. The molecule has 0 aliphatic heterocycles. The minimum absolute atomic E-state index is 0.128. The number of thiophene rings is 2. The van der Waals surface area contributed by atoms with Gasteiger partial charge in [-0.25, -0.2) is 5.43 Å². The highest BCUT2D eigenvalue weighted by Crippen LogP contribution is 2.20. The van der Waals surface area contributed by atoms with Gasteiger partial charge in [-0.3, -0.25) is 4.79 Å². The molecule has 2 heterocycles. The smallest absolute Gasteiger partial charge is 0.267 e. The number of carbonyl (C=O) groups is 1. The van der Waals surface area contributed by atoms with E-state index in [1.165, 1.54) is 4.88 Å². The molecule has 0 aliphatic carbocycles. The van der Waals surface area contributed by atoms with E-state index in [1.54, 1.807) is 22.7 Å². The maximum atomic E-state index is 12.1. The van der Waals surface area contributed by atoms with E-state index < -0.39 is 0 Å². The van der Waals surface area contributed by atoms with Crippen LogP contribution in [-0.4, -0.2) is 11.6 Å². The second-order valence-electron chi connectivity index (χ2n) is 4.56. The van der Waals surface area contributed by atoms with Crippen molar-refractivity contribution in [3.05, 3.63) is 43.8 Å². The molecular formula is C15H18N2OS2. The summed E-state index contributed by atoms with van der Waals surface area (Å²) in [5, 5.41) is 8.23. The first kappa shape index (κ1) is 14.9. The van der Waals surface area contributed by atoms with E-state index in [0.717, 1.165) is 34.6 Å². The standard InChI is InChI=1S/C15H18N2OS2/c1-4-6-13(14-7-5-8-19-14)16-17-15(18)12-9-20-11(3)10(12)2/h5,7-9H,4,6H2,1-3H3,(H,17,18)/b16-13+. The van der Waals surface area contributed by atoms with Crippen LogP contribution < -0.4 is 5.43 Å². The van der Waals surface area contributed by atoms with Crippen LogP contribution in [0.4, 0.5) is 0 Å². The number of hydrogen-bond acceptors (Lipinski definition) is 4. The van der Waals surface area contributed by atoms with E-state index >= 15 is 0 Å². The normalized spacial score (nSPS) is 11.7. The molecule has 2 rings (SSSR count). The molecule has 2 aromatic rings. The van der Waals surface area contributed by atoms with E-state index in [2.05, 4.69) is 17.5 Å². The Morgan fingerprint density at radius 3 is 2.70 bits per heavy atom. The quantitative estimate of drug-likeness (QED) is 0.647. The highest BCUT2D eigenvalue weighted by Gasteiger charge is 2.12. The fourth-order valence-corrected chi connectivity index (χ4v) is 3.44. The van der Waals surface area contributed by atoms with Gasteiger partial charge in [-0.05, 0) is 37.3 Å². The maximum absolute atomic E-state index is 12.1. The number of nitrogens with zero attached hydrogens (tertiary/aromatic N) is 1. The number of hydrazone groups is 1. The SMILES string of the molecule is CCC/C(=N\NC(=O)c1csc(C)c1C)c1cccs1.